The number of pyridine rings is 1. The van der Waals surface area contributed by atoms with Crippen LogP contribution in [0.4, 0.5) is 25.1 Å². The summed E-state index contributed by atoms with van der Waals surface area (Å²) in [6, 6.07) is 9.88. The maximum absolute atomic E-state index is 15.1. The van der Waals surface area contributed by atoms with E-state index in [0.29, 0.717) is 22.8 Å². The van der Waals surface area contributed by atoms with Gasteiger partial charge in [-0.2, -0.15) is 10.2 Å². The van der Waals surface area contributed by atoms with Gasteiger partial charge in [-0.15, -0.1) is 0 Å². The van der Waals surface area contributed by atoms with Gasteiger partial charge in [0.25, 0.3) is 0 Å². The van der Waals surface area contributed by atoms with Crippen LogP contribution in [0.2, 0.25) is 0 Å². The summed E-state index contributed by atoms with van der Waals surface area (Å²) < 4.78 is 37.5. The van der Waals surface area contributed by atoms with Gasteiger partial charge in [0.1, 0.15) is 11.6 Å². The van der Waals surface area contributed by atoms with Gasteiger partial charge in [-0.1, -0.05) is 19.9 Å². The summed E-state index contributed by atoms with van der Waals surface area (Å²) in [6.07, 6.45) is 5.04. The first kappa shape index (κ1) is 24.9. The summed E-state index contributed by atoms with van der Waals surface area (Å²) in [7, 11) is 3.18. The van der Waals surface area contributed by atoms with E-state index < -0.39 is 17.7 Å². The highest BCUT2D eigenvalue weighted by molar-refractivity contribution is 6.00. The predicted molar refractivity (Wildman–Crippen MR) is 141 cm³/mol. The molecule has 0 radical (unpaired) electrons. The van der Waals surface area contributed by atoms with E-state index in [1.165, 1.54) is 36.1 Å². The molecule has 2 amide bonds. The standard InChI is InChI=1S/C27H25F2N7O2/c1-15(2)23-11-26(36(34-23)17-6-8-25(38-4)21(29)10-17)33-27(37)32-22-7-5-16(9-20(22)28)18-12-30-14-24-19(18)13-31-35(24)3/h5-15H,1-4H3,(H2,32,33,37). The van der Waals surface area contributed by atoms with Crippen molar-refractivity contribution in [1.82, 2.24) is 24.5 Å². The topological polar surface area (TPSA) is 98.9 Å². The Morgan fingerprint density at radius 1 is 1.00 bits per heavy atom. The lowest BCUT2D eigenvalue weighted by Gasteiger charge is -2.12. The number of carbonyl (C=O) groups is 1. The maximum atomic E-state index is 15.1. The molecule has 0 aliphatic heterocycles. The number of nitrogens with zero attached hydrogens (tertiary/aromatic N) is 5. The highest BCUT2D eigenvalue weighted by Crippen LogP contribution is 2.30. The van der Waals surface area contributed by atoms with Gasteiger partial charge in [-0.3, -0.25) is 15.0 Å². The van der Waals surface area contributed by atoms with Gasteiger partial charge >= 0.3 is 6.03 Å². The summed E-state index contributed by atoms with van der Waals surface area (Å²) in [6.45, 7) is 3.90. The second-order valence-electron chi connectivity index (χ2n) is 9.00. The SMILES string of the molecule is COc1ccc(-n2nc(C(C)C)cc2NC(=O)Nc2ccc(-c3cncc4c3cnn4C)cc2F)cc1F. The van der Waals surface area contributed by atoms with Gasteiger partial charge in [-0.05, 0) is 35.7 Å². The number of hydrogen-bond donors (Lipinski definition) is 2. The quantitative estimate of drug-likeness (QED) is 0.293. The molecule has 3 aromatic heterocycles. The van der Waals surface area contributed by atoms with Gasteiger partial charge in [0.05, 0.1) is 42.1 Å². The fraction of sp³-hybridized carbons (Fsp3) is 0.185. The van der Waals surface area contributed by atoms with Crippen LogP contribution in [0.15, 0.2) is 61.1 Å². The fourth-order valence-corrected chi connectivity index (χ4v) is 4.10. The molecule has 9 nitrogen and oxygen atoms in total. The number of carbonyl (C=O) groups excluding carboxylic acids is 1. The molecule has 0 spiro atoms. The number of aromatic nitrogens is 5. The minimum absolute atomic E-state index is 0.0109. The van der Waals surface area contributed by atoms with Crippen molar-refractivity contribution in [3.63, 3.8) is 0 Å². The maximum Gasteiger partial charge on any atom is 0.324 e. The van der Waals surface area contributed by atoms with Gasteiger partial charge in [0.15, 0.2) is 11.6 Å². The van der Waals surface area contributed by atoms with Crippen LogP contribution < -0.4 is 15.4 Å². The number of benzene rings is 2. The Morgan fingerprint density at radius 3 is 2.53 bits per heavy atom. The van der Waals surface area contributed by atoms with Crippen molar-refractivity contribution in [2.75, 3.05) is 17.7 Å². The number of anilines is 2. The molecular weight excluding hydrogens is 492 g/mol. The third-order valence-electron chi connectivity index (χ3n) is 6.14. The second-order valence-corrected chi connectivity index (χ2v) is 9.00. The molecule has 2 N–H and O–H groups in total. The molecule has 11 heteroatoms. The summed E-state index contributed by atoms with van der Waals surface area (Å²) >= 11 is 0. The minimum atomic E-state index is -0.682. The van der Waals surface area contributed by atoms with Crippen molar-refractivity contribution in [3.8, 4) is 22.6 Å². The highest BCUT2D eigenvalue weighted by Gasteiger charge is 2.17. The van der Waals surface area contributed by atoms with Crippen molar-refractivity contribution >= 4 is 28.4 Å². The monoisotopic (exact) mass is 517 g/mol. The van der Waals surface area contributed by atoms with E-state index in [2.05, 4.69) is 25.8 Å². The van der Waals surface area contributed by atoms with Gasteiger partial charge in [0, 0.05) is 36.3 Å². The smallest absolute Gasteiger partial charge is 0.324 e. The normalized spacial score (nSPS) is 11.2. The molecule has 0 unspecified atom stereocenters. The van der Waals surface area contributed by atoms with E-state index in [1.54, 1.807) is 48.5 Å². The van der Waals surface area contributed by atoms with Crippen molar-refractivity contribution in [1.29, 1.82) is 0 Å². The first-order chi connectivity index (χ1) is 18.2. The number of aryl methyl sites for hydroxylation is 1. The molecule has 0 bridgehead atoms. The molecule has 194 valence electrons. The van der Waals surface area contributed by atoms with Crippen LogP contribution in [0, 0.1) is 11.6 Å². The van der Waals surface area contributed by atoms with Crippen LogP contribution >= 0.6 is 0 Å². The Labute approximate surface area is 217 Å². The lowest BCUT2D eigenvalue weighted by Crippen LogP contribution is -2.22. The molecule has 0 fully saturated rings. The third-order valence-corrected chi connectivity index (χ3v) is 6.14. The number of halogens is 2. The number of rotatable bonds is 6. The van der Waals surface area contributed by atoms with Crippen LogP contribution in [0.3, 0.4) is 0 Å². The molecule has 5 rings (SSSR count). The molecular formula is C27H25F2N7O2. The van der Waals surface area contributed by atoms with Gasteiger partial charge < -0.3 is 10.1 Å². The average molecular weight is 518 g/mol. The van der Waals surface area contributed by atoms with Crippen LogP contribution in [-0.2, 0) is 7.05 Å². The van der Waals surface area contributed by atoms with E-state index >= 15 is 4.39 Å². The molecule has 0 saturated carbocycles. The van der Waals surface area contributed by atoms with Crippen LogP contribution in [0.1, 0.15) is 25.5 Å². The largest absolute Gasteiger partial charge is 0.494 e. The summed E-state index contributed by atoms with van der Waals surface area (Å²) in [4.78, 5) is 17.1. The zero-order valence-corrected chi connectivity index (χ0v) is 21.2. The zero-order valence-electron chi connectivity index (χ0n) is 21.2. The van der Waals surface area contributed by atoms with E-state index in [9.17, 15) is 9.18 Å². The number of fused-ring (bicyclic) bond motifs is 1. The number of amides is 2. The van der Waals surface area contributed by atoms with Crippen LogP contribution in [-0.4, -0.2) is 37.7 Å². The van der Waals surface area contributed by atoms with E-state index in [1.807, 2.05) is 13.8 Å². The van der Waals surface area contributed by atoms with Gasteiger partial charge in [-0.25, -0.2) is 18.3 Å². The number of methoxy groups -OCH3 is 1. The first-order valence-electron chi connectivity index (χ1n) is 11.8. The molecule has 0 atom stereocenters. The van der Waals surface area contributed by atoms with Crippen molar-refractivity contribution in [2.45, 2.75) is 19.8 Å². The summed E-state index contributed by atoms with van der Waals surface area (Å²) in [5.74, 6) is -0.756. The van der Waals surface area contributed by atoms with Gasteiger partial charge in [0.2, 0.25) is 0 Å². The predicted octanol–water partition coefficient (Wildman–Crippen LogP) is 5.88. The summed E-state index contributed by atoms with van der Waals surface area (Å²) in [5, 5.41) is 14.8. The minimum Gasteiger partial charge on any atom is -0.494 e. The molecule has 0 aliphatic rings. The number of nitrogens with one attached hydrogen (secondary N) is 2. The lowest BCUT2D eigenvalue weighted by atomic mass is 10.0. The van der Waals surface area contributed by atoms with Crippen LogP contribution in [0.25, 0.3) is 27.7 Å². The summed E-state index contributed by atoms with van der Waals surface area (Å²) in [5.41, 5.74) is 3.20. The molecule has 0 saturated heterocycles. The van der Waals surface area contributed by atoms with E-state index in [4.69, 9.17) is 4.74 Å². The second kappa shape index (κ2) is 9.92. The van der Waals surface area contributed by atoms with Crippen molar-refractivity contribution in [2.24, 2.45) is 7.05 Å². The van der Waals surface area contributed by atoms with Crippen molar-refractivity contribution in [3.05, 3.63) is 78.4 Å². The molecule has 5 aromatic rings. The molecule has 38 heavy (non-hydrogen) atoms. The highest BCUT2D eigenvalue weighted by atomic mass is 19.1. The Kier molecular flexibility index (Phi) is 6.50. The number of urea groups is 1. The van der Waals surface area contributed by atoms with E-state index in [-0.39, 0.29) is 17.4 Å². The molecule has 0 aliphatic carbocycles. The average Bonchev–Trinajstić information content (AvgIpc) is 3.49. The Balaban J connectivity index is 1.39. The lowest BCUT2D eigenvalue weighted by molar-refractivity contribution is 0.262. The number of hydrogen-bond acceptors (Lipinski definition) is 5. The van der Waals surface area contributed by atoms with E-state index in [0.717, 1.165) is 16.5 Å². The molecule has 3 heterocycles. The Hall–Kier alpha value is -4.80. The first-order valence-corrected chi connectivity index (χ1v) is 11.8. The van der Waals surface area contributed by atoms with Crippen molar-refractivity contribution < 1.29 is 18.3 Å². The number of ether oxygens (including phenoxy) is 1. The Bertz CT molecular complexity index is 1660. The Morgan fingerprint density at radius 2 is 1.82 bits per heavy atom. The molecule has 2 aromatic carbocycles. The third kappa shape index (κ3) is 4.65. The fourth-order valence-electron chi connectivity index (χ4n) is 4.10. The van der Waals surface area contributed by atoms with Crippen LogP contribution in [0.5, 0.6) is 5.75 Å². The zero-order chi connectivity index (χ0) is 27.0.